The number of nitrogens with one attached hydrogen (secondary N) is 1. The fourth-order valence-electron chi connectivity index (χ4n) is 4.17. The molecule has 0 aliphatic carbocycles. The second-order valence-electron chi connectivity index (χ2n) is 7.87. The van der Waals surface area contributed by atoms with Crippen LogP contribution in [0.15, 0.2) is 82.1 Å². The highest BCUT2D eigenvalue weighted by molar-refractivity contribution is 6.06. The Labute approximate surface area is 190 Å². The van der Waals surface area contributed by atoms with Crippen LogP contribution in [0, 0.1) is 6.92 Å². The first-order chi connectivity index (χ1) is 16.0. The molecule has 0 saturated carbocycles. The molecular formula is C27H22N2O4. The predicted molar refractivity (Wildman–Crippen MR) is 129 cm³/mol. The quantitative estimate of drug-likeness (QED) is 0.313. The van der Waals surface area contributed by atoms with Crippen molar-refractivity contribution in [2.24, 2.45) is 0 Å². The maximum Gasteiger partial charge on any atom is 0.249 e. The lowest BCUT2D eigenvalue weighted by molar-refractivity contribution is -0.111. The minimum absolute atomic E-state index is 0.303. The third kappa shape index (κ3) is 3.76. The van der Waals surface area contributed by atoms with Crippen molar-refractivity contribution in [3.05, 3.63) is 84.3 Å². The second kappa shape index (κ2) is 8.31. The number of fused-ring (bicyclic) bond motifs is 2. The average molecular weight is 438 g/mol. The fourth-order valence-corrected chi connectivity index (χ4v) is 4.17. The third-order valence-electron chi connectivity index (χ3n) is 5.77. The number of aryl methyl sites for hydroxylation is 1. The monoisotopic (exact) mass is 438 g/mol. The van der Waals surface area contributed by atoms with E-state index in [1.807, 2.05) is 32.0 Å². The molecule has 0 spiro atoms. The van der Waals surface area contributed by atoms with Crippen molar-refractivity contribution >= 4 is 39.0 Å². The third-order valence-corrected chi connectivity index (χ3v) is 5.77. The number of rotatable bonds is 5. The SMILES string of the molecule is COc1c(/C(C)=C/C(=O)Nc2ccon2)cc2c(-c3ccc4ccccc4c3)coc2c1C. The van der Waals surface area contributed by atoms with Crippen LogP contribution in [0.25, 0.3) is 38.4 Å². The van der Waals surface area contributed by atoms with Gasteiger partial charge in [-0.2, -0.15) is 0 Å². The molecular weight excluding hydrogens is 416 g/mol. The Morgan fingerprint density at radius 3 is 2.67 bits per heavy atom. The molecule has 5 rings (SSSR count). The van der Waals surface area contributed by atoms with Crippen molar-refractivity contribution in [3.8, 4) is 16.9 Å². The summed E-state index contributed by atoms with van der Waals surface area (Å²) in [6.45, 7) is 3.84. The van der Waals surface area contributed by atoms with Crippen molar-refractivity contribution in [2.75, 3.05) is 12.4 Å². The zero-order chi connectivity index (χ0) is 22.9. The van der Waals surface area contributed by atoms with Gasteiger partial charge in [0.1, 0.15) is 17.6 Å². The van der Waals surface area contributed by atoms with Crippen molar-refractivity contribution in [3.63, 3.8) is 0 Å². The summed E-state index contributed by atoms with van der Waals surface area (Å²) >= 11 is 0. The van der Waals surface area contributed by atoms with Gasteiger partial charge in [-0.3, -0.25) is 4.79 Å². The van der Waals surface area contributed by atoms with Gasteiger partial charge in [-0.15, -0.1) is 0 Å². The molecule has 0 bridgehead atoms. The summed E-state index contributed by atoms with van der Waals surface area (Å²) in [6, 6.07) is 18.2. The Bertz CT molecular complexity index is 1510. The highest BCUT2D eigenvalue weighted by Crippen LogP contribution is 2.41. The van der Waals surface area contributed by atoms with E-state index < -0.39 is 0 Å². The molecule has 0 unspecified atom stereocenters. The zero-order valence-electron chi connectivity index (χ0n) is 18.5. The standard InChI is InChI=1S/C27H22N2O4/c1-16(12-25(30)28-24-10-11-33-29-24)21-14-22-23(15-32-27(22)17(2)26(21)31-3)20-9-8-18-6-4-5-7-19(18)13-20/h4-15H,1-3H3,(H,28,29,30)/b16-12+. The van der Waals surface area contributed by atoms with Gasteiger partial charge in [0, 0.05) is 34.2 Å². The number of furan rings is 1. The van der Waals surface area contributed by atoms with Crippen LogP contribution in [0.4, 0.5) is 5.82 Å². The highest BCUT2D eigenvalue weighted by Gasteiger charge is 2.19. The lowest BCUT2D eigenvalue weighted by Gasteiger charge is -2.13. The van der Waals surface area contributed by atoms with Crippen LogP contribution in [0.2, 0.25) is 0 Å². The number of carbonyl (C=O) groups is 1. The van der Waals surface area contributed by atoms with Crippen LogP contribution in [-0.2, 0) is 4.79 Å². The predicted octanol–water partition coefficient (Wildman–Crippen LogP) is 6.60. The molecule has 6 nitrogen and oxygen atoms in total. The van der Waals surface area contributed by atoms with Crippen molar-refractivity contribution in [1.82, 2.24) is 5.16 Å². The van der Waals surface area contributed by atoms with Crippen molar-refractivity contribution in [1.29, 1.82) is 0 Å². The Morgan fingerprint density at radius 2 is 1.91 bits per heavy atom. The summed E-state index contributed by atoms with van der Waals surface area (Å²) in [4.78, 5) is 12.5. The van der Waals surface area contributed by atoms with Crippen LogP contribution in [0.3, 0.4) is 0 Å². The molecule has 164 valence electrons. The normalized spacial score (nSPS) is 11.8. The van der Waals surface area contributed by atoms with Gasteiger partial charge in [0.05, 0.1) is 13.4 Å². The molecule has 0 fully saturated rings. The van der Waals surface area contributed by atoms with Gasteiger partial charge < -0.3 is 19.0 Å². The van der Waals surface area contributed by atoms with Crippen LogP contribution >= 0.6 is 0 Å². The largest absolute Gasteiger partial charge is 0.496 e. The Kier molecular flexibility index (Phi) is 5.18. The number of hydrogen-bond acceptors (Lipinski definition) is 5. The zero-order valence-corrected chi connectivity index (χ0v) is 18.5. The molecule has 1 amide bonds. The summed E-state index contributed by atoms with van der Waals surface area (Å²) in [6.07, 6.45) is 4.70. The number of nitrogens with zero attached hydrogens (tertiary/aromatic N) is 1. The van der Waals surface area contributed by atoms with Crippen LogP contribution < -0.4 is 10.1 Å². The Hall–Kier alpha value is -4.32. The van der Waals surface area contributed by atoms with Gasteiger partial charge in [0.15, 0.2) is 5.82 Å². The van der Waals surface area contributed by atoms with E-state index in [0.29, 0.717) is 11.6 Å². The molecule has 2 aromatic heterocycles. The fraction of sp³-hybridized carbons (Fsp3) is 0.111. The number of hydrogen-bond donors (Lipinski definition) is 1. The lowest BCUT2D eigenvalue weighted by Crippen LogP contribution is -2.09. The molecule has 6 heteroatoms. The highest BCUT2D eigenvalue weighted by atomic mass is 16.5. The van der Waals surface area contributed by atoms with Gasteiger partial charge in [0.2, 0.25) is 5.91 Å². The molecule has 33 heavy (non-hydrogen) atoms. The number of benzene rings is 3. The van der Waals surface area contributed by atoms with Crippen LogP contribution in [0.5, 0.6) is 5.75 Å². The van der Waals surface area contributed by atoms with Gasteiger partial charge in [-0.1, -0.05) is 41.6 Å². The van der Waals surface area contributed by atoms with E-state index in [-0.39, 0.29) is 5.91 Å². The minimum atomic E-state index is -0.303. The molecule has 5 aromatic rings. The number of carbonyl (C=O) groups excluding carboxylic acids is 1. The molecule has 0 aliphatic heterocycles. The smallest absolute Gasteiger partial charge is 0.249 e. The summed E-state index contributed by atoms with van der Waals surface area (Å²) in [5.74, 6) is 0.726. The Morgan fingerprint density at radius 1 is 1.09 bits per heavy atom. The van der Waals surface area contributed by atoms with E-state index in [0.717, 1.165) is 44.2 Å². The summed E-state index contributed by atoms with van der Waals surface area (Å²) < 4.78 is 16.4. The van der Waals surface area contributed by atoms with Crippen LogP contribution in [0.1, 0.15) is 18.1 Å². The van der Waals surface area contributed by atoms with E-state index in [2.05, 4.69) is 40.8 Å². The van der Waals surface area contributed by atoms with Crippen molar-refractivity contribution < 1.29 is 18.5 Å². The molecule has 3 aromatic carbocycles. The average Bonchev–Trinajstić information content (AvgIpc) is 3.48. The maximum atomic E-state index is 12.5. The Balaban J connectivity index is 1.61. The number of amides is 1. The molecule has 2 heterocycles. The number of aromatic nitrogens is 1. The summed E-state index contributed by atoms with van der Waals surface area (Å²) in [5.41, 5.74) is 5.26. The van der Waals surface area contributed by atoms with E-state index in [4.69, 9.17) is 13.7 Å². The first-order valence-electron chi connectivity index (χ1n) is 10.5. The molecule has 0 aliphatic rings. The van der Waals surface area contributed by atoms with E-state index in [9.17, 15) is 4.79 Å². The lowest BCUT2D eigenvalue weighted by atomic mass is 9.95. The van der Waals surface area contributed by atoms with Gasteiger partial charge >= 0.3 is 0 Å². The van der Waals surface area contributed by atoms with Gasteiger partial charge in [0.25, 0.3) is 0 Å². The van der Waals surface area contributed by atoms with Crippen molar-refractivity contribution in [2.45, 2.75) is 13.8 Å². The number of ether oxygens (including phenoxy) is 1. The molecule has 0 atom stereocenters. The summed E-state index contributed by atoms with van der Waals surface area (Å²) in [5, 5.41) is 9.70. The molecule has 0 radical (unpaired) electrons. The molecule has 0 saturated heterocycles. The van der Waals surface area contributed by atoms with Gasteiger partial charge in [-0.05, 0) is 47.9 Å². The van der Waals surface area contributed by atoms with E-state index >= 15 is 0 Å². The molecule has 1 N–H and O–H groups in total. The number of allylic oxidation sites excluding steroid dienone is 1. The first-order valence-corrected chi connectivity index (χ1v) is 10.5. The second-order valence-corrected chi connectivity index (χ2v) is 7.87. The minimum Gasteiger partial charge on any atom is -0.496 e. The van der Waals surface area contributed by atoms with E-state index in [1.54, 1.807) is 19.4 Å². The number of methoxy groups -OCH3 is 1. The summed E-state index contributed by atoms with van der Waals surface area (Å²) in [7, 11) is 1.62. The first kappa shape index (κ1) is 20.6. The van der Waals surface area contributed by atoms with E-state index in [1.165, 1.54) is 17.7 Å². The topological polar surface area (TPSA) is 77.5 Å². The number of anilines is 1. The van der Waals surface area contributed by atoms with Gasteiger partial charge in [-0.25, -0.2) is 0 Å². The van der Waals surface area contributed by atoms with Crippen LogP contribution in [-0.4, -0.2) is 18.2 Å². The maximum absolute atomic E-state index is 12.5.